The number of hydrogen-bond acceptors (Lipinski definition) is 3. The van der Waals surface area contributed by atoms with E-state index in [-0.39, 0.29) is 0 Å². The number of rotatable bonds is 6. The van der Waals surface area contributed by atoms with Crippen molar-refractivity contribution in [3.05, 3.63) is 57.3 Å². The minimum absolute atomic E-state index is 0.709. The predicted molar refractivity (Wildman–Crippen MR) is 78.8 cm³/mol. The highest BCUT2D eigenvalue weighted by Gasteiger charge is 2.01. The number of benzene rings is 1. The predicted octanol–water partition coefficient (Wildman–Crippen LogP) is 2.85. The molecule has 0 radical (unpaired) electrons. The van der Waals surface area contributed by atoms with E-state index in [0.717, 1.165) is 19.5 Å². The van der Waals surface area contributed by atoms with Gasteiger partial charge in [-0.25, -0.2) is 0 Å². The normalized spacial score (nSPS) is 10.8. The molecule has 0 amide bonds. The van der Waals surface area contributed by atoms with Gasteiger partial charge in [-0.2, -0.15) is 0 Å². The third-order valence-electron chi connectivity index (χ3n) is 2.94. The van der Waals surface area contributed by atoms with Crippen LogP contribution in [0.1, 0.15) is 20.9 Å². The maximum atomic E-state index is 5.63. The molecule has 0 atom stereocenters. The van der Waals surface area contributed by atoms with E-state index >= 15 is 0 Å². The third-order valence-corrected chi connectivity index (χ3v) is 3.94. The Morgan fingerprint density at radius 3 is 2.50 bits per heavy atom. The second-order valence-corrected chi connectivity index (χ2v) is 5.80. The fourth-order valence-electron chi connectivity index (χ4n) is 2.03. The van der Waals surface area contributed by atoms with Crippen LogP contribution < -0.4 is 11.1 Å². The van der Waals surface area contributed by atoms with Gasteiger partial charge in [0.05, 0.1) is 0 Å². The topological polar surface area (TPSA) is 38.0 Å². The fraction of sp³-hybridized carbons (Fsp3) is 0.333. The summed E-state index contributed by atoms with van der Waals surface area (Å²) in [6.45, 7) is 4.70. The van der Waals surface area contributed by atoms with E-state index < -0.39 is 0 Å². The van der Waals surface area contributed by atoms with Crippen molar-refractivity contribution < 1.29 is 0 Å². The van der Waals surface area contributed by atoms with Crippen molar-refractivity contribution >= 4 is 11.3 Å². The summed E-state index contributed by atoms with van der Waals surface area (Å²) in [5, 5.41) is 3.50. The van der Waals surface area contributed by atoms with Crippen LogP contribution >= 0.6 is 11.3 Å². The first-order valence-electron chi connectivity index (χ1n) is 6.32. The summed E-state index contributed by atoms with van der Waals surface area (Å²) in [5.41, 5.74) is 8.35. The van der Waals surface area contributed by atoms with Gasteiger partial charge < -0.3 is 11.1 Å². The number of hydrogen-bond donors (Lipinski definition) is 2. The monoisotopic (exact) mass is 260 g/mol. The highest BCUT2D eigenvalue weighted by Crippen LogP contribution is 2.15. The summed E-state index contributed by atoms with van der Waals surface area (Å²) >= 11 is 1.85. The standard InChI is InChI=1S/C15H20N2S/c1-12-6-7-15(18-12)11-17-10-14-5-3-2-4-13(14)8-9-16/h2-7,17H,8-11,16H2,1H3. The number of nitrogens with one attached hydrogen (secondary N) is 1. The van der Waals surface area contributed by atoms with Crippen molar-refractivity contribution in [1.82, 2.24) is 5.32 Å². The number of thiophene rings is 1. The molecule has 0 aliphatic carbocycles. The zero-order chi connectivity index (χ0) is 12.8. The summed E-state index contributed by atoms with van der Waals surface area (Å²) in [6, 6.07) is 12.9. The van der Waals surface area contributed by atoms with Gasteiger partial charge in [0.15, 0.2) is 0 Å². The second-order valence-electron chi connectivity index (χ2n) is 4.42. The average Bonchev–Trinajstić information content (AvgIpc) is 2.78. The summed E-state index contributed by atoms with van der Waals surface area (Å²) in [7, 11) is 0. The maximum absolute atomic E-state index is 5.63. The Hall–Kier alpha value is -1.16. The molecule has 0 aliphatic heterocycles. The van der Waals surface area contributed by atoms with Gasteiger partial charge in [0.2, 0.25) is 0 Å². The first-order chi connectivity index (χ1) is 8.79. The third kappa shape index (κ3) is 3.67. The van der Waals surface area contributed by atoms with Crippen LogP contribution in [-0.2, 0) is 19.5 Å². The van der Waals surface area contributed by atoms with Crippen LogP contribution in [0.3, 0.4) is 0 Å². The lowest BCUT2D eigenvalue weighted by Crippen LogP contribution is -2.14. The van der Waals surface area contributed by atoms with Gasteiger partial charge in [0, 0.05) is 22.8 Å². The zero-order valence-corrected chi connectivity index (χ0v) is 11.6. The Morgan fingerprint density at radius 1 is 1.06 bits per heavy atom. The Kier molecular flexibility index (Phi) is 4.93. The lowest BCUT2D eigenvalue weighted by Gasteiger charge is -2.09. The quantitative estimate of drug-likeness (QED) is 0.838. The zero-order valence-electron chi connectivity index (χ0n) is 10.8. The van der Waals surface area contributed by atoms with Gasteiger partial charge in [-0.05, 0) is 43.1 Å². The smallest absolute Gasteiger partial charge is 0.0303 e. The lowest BCUT2D eigenvalue weighted by atomic mass is 10.0. The van der Waals surface area contributed by atoms with E-state index in [4.69, 9.17) is 5.73 Å². The van der Waals surface area contributed by atoms with Crippen LogP contribution in [-0.4, -0.2) is 6.54 Å². The molecule has 0 saturated carbocycles. The highest BCUT2D eigenvalue weighted by atomic mass is 32.1. The summed E-state index contributed by atoms with van der Waals surface area (Å²) in [5.74, 6) is 0. The van der Waals surface area contributed by atoms with Crippen LogP contribution in [0.2, 0.25) is 0 Å². The SMILES string of the molecule is Cc1ccc(CNCc2ccccc2CCN)s1. The molecule has 3 N–H and O–H groups in total. The van der Waals surface area contributed by atoms with Gasteiger partial charge in [-0.3, -0.25) is 0 Å². The molecule has 0 aliphatic rings. The van der Waals surface area contributed by atoms with Gasteiger partial charge in [-0.15, -0.1) is 11.3 Å². The molecule has 0 bridgehead atoms. The van der Waals surface area contributed by atoms with E-state index in [9.17, 15) is 0 Å². The minimum Gasteiger partial charge on any atom is -0.330 e. The summed E-state index contributed by atoms with van der Waals surface area (Å²) in [4.78, 5) is 2.76. The Balaban J connectivity index is 1.89. The first kappa shape index (κ1) is 13.3. The molecular weight excluding hydrogens is 240 g/mol. The molecule has 0 spiro atoms. The Morgan fingerprint density at radius 2 is 1.83 bits per heavy atom. The summed E-state index contributed by atoms with van der Waals surface area (Å²) in [6.07, 6.45) is 0.954. The highest BCUT2D eigenvalue weighted by molar-refractivity contribution is 7.11. The average molecular weight is 260 g/mol. The van der Waals surface area contributed by atoms with Crippen LogP contribution in [0.4, 0.5) is 0 Å². The maximum Gasteiger partial charge on any atom is 0.0303 e. The van der Waals surface area contributed by atoms with Gasteiger partial charge >= 0.3 is 0 Å². The Bertz CT molecular complexity index is 491. The molecule has 0 unspecified atom stereocenters. The lowest BCUT2D eigenvalue weighted by molar-refractivity contribution is 0.694. The van der Waals surface area contributed by atoms with Crippen LogP contribution in [0.15, 0.2) is 36.4 Å². The molecule has 18 heavy (non-hydrogen) atoms. The van der Waals surface area contributed by atoms with Crippen molar-refractivity contribution in [2.24, 2.45) is 5.73 Å². The molecule has 1 heterocycles. The van der Waals surface area contributed by atoms with Crippen molar-refractivity contribution in [3.63, 3.8) is 0 Å². The van der Waals surface area contributed by atoms with Crippen LogP contribution in [0, 0.1) is 6.92 Å². The number of aryl methyl sites for hydroxylation is 1. The molecule has 96 valence electrons. The molecule has 2 aromatic rings. The molecule has 2 nitrogen and oxygen atoms in total. The Labute approximate surface area is 113 Å². The molecule has 0 saturated heterocycles. The van der Waals surface area contributed by atoms with E-state index in [1.165, 1.54) is 20.9 Å². The molecule has 2 rings (SSSR count). The van der Waals surface area contributed by atoms with Crippen molar-refractivity contribution in [2.45, 2.75) is 26.4 Å². The molecular formula is C15H20N2S. The second kappa shape index (κ2) is 6.69. The molecule has 3 heteroatoms. The minimum atomic E-state index is 0.709. The fourth-order valence-corrected chi connectivity index (χ4v) is 2.89. The van der Waals surface area contributed by atoms with E-state index in [0.29, 0.717) is 6.54 Å². The van der Waals surface area contributed by atoms with Crippen molar-refractivity contribution in [3.8, 4) is 0 Å². The van der Waals surface area contributed by atoms with Crippen molar-refractivity contribution in [1.29, 1.82) is 0 Å². The van der Waals surface area contributed by atoms with Crippen LogP contribution in [0.5, 0.6) is 0 Å². The largest absolute Gasteiger partial charge is 0.330 e. The molecule has 1 aromatic carbocycles. The number of nitrogens with two attached hydrogens (primary N) is 1. The van der Waals surface area contributed by atoms with E-state index in [1.807, 2.05) is 11.3 Å². The first-order valence-corrected chi connectivity index (χ1v) is 7.14. The van der Waals surface area contributed by atoms with Gasteiger partial charge in [0.25, 0.3) is 0 Å². The van der Waals surface area contributed by atoms with Crippen molar-refractivity contribution in [2.75, 3.05) is 6.54 Å². The van der Waals surface area contributed by atoms with Gasteiger partial charge in [0.1, 0.15) is 0 Å². The summed E-state index contributed by atoms with van der Waals surface area (Å²) < 4.78 is 0. The van der Waals surface area contributed by atoms with Crippen LogP contribution in [0.25, 0.3) is 0 Å². The van der Waals surface area contributed by atoms with Gasteiger partial charge in [-0.1, -0.05) is 24.3 Å². The van der Waals surface area contributed by atoms with E-state index in [1.54, 1.807) is 0 Å². The molecule has 1 aromatic heterocycles. The van der Waals surface area contributed by atoms with E-state index in [2.05, 4.69) is 48.6 Å². The molecule has 0 fully saturated rings.